The molecule has 0 heterocycles. The van der Waals surface area contributed by atoms with Crippen molar-refractivity contribution < 1.29 is 9.90 Å². The summed E-state index contributed by atoms with van der Waals surface area (Å²) in [6.07, 6.45) is 7.84. The molecular weight excluding hydrogens is 236 g/mol. The molecular formula is C17H28O2. The van der Waals surface area contributed by atoms with E-state index in [0.29, 0.717) is 6.42 Å². The third-order valence-corrected chi connectivity index (χ3v) is 2.96. The number of aryl methyl sites for hydroxylation is 2. The summed E-state index contributed by atoms with van der Waals surface area (Å²) in [5.74, 6) is -0.740. The Labute approximate surface area is 117 Å². The van der Waals surface area contributed by atoms with Crippen LogP contribution in [-0.2, 0) is 11.2 Å². The molecule has 1 aromatic carbocycles. The molecule has 0 unspecified atom stereocenters. The Morgan fingerprint density at radius 1 is 1.00 bits per heavy atom. The Morgan fingerprint density at radius 2 is 1.53 bits per heavy atom. The van der Waals surface area contributed by atoms with Crippen molar-refractivity contribution in [1.29, 1.82) is 0 Å². The normalized spacial score (nSPS) is 9.63. The molecule has 2 nitrogen and oxygen atoms in total. The number of unbranched alkanes of at least 4 members (excludes halogenated alkanes) is 4. The average Bonchev–Trinajstić information content (AvgIpc) is 2.39. The van der Waals surface area contributed by atoms with E-state index in [4.69, 9.17) is 5.11 Å². The molecule has 0 amide bonds. The highest BCUT2D eigenvalue weighted by Gasteiger charge is 1.97. The van der Waals surface area contributed by atoms with Crippen LogP contribution in [-0.4, -0.2) is 11.1 Å². The van der Waals surface area contributed by atoms with Crippen molar-refractivity contribution in [3.8, 4) is 0 Å². The standard InChI is InChI=1S/C10H12O2.C7H16/c1-8-2-4-9(5-3-8)6-7-10(11)12;1-3-5-7-6-4-2/h2-5H,6-7H2,1H3,(H,11,12);3-7H2,1-2H3. The second-order valence-corrected chi connectivity index (χ2v) is 4.94. The highest BCUT2D eigenvalue weighted by molar-refractivity contribution is 5.67. The minimum Gasteiger partial charge on any atom is -0.481 e. The van der Waals surface area contributed by atoms with Gasteiger partial charge in [0.2, 0.25) is 0 Å². The summed E-state index contributed by atoms with van der Waals surface area (Å²) in [7, 11) is 0. The maximum atomic E-state index is 10.2. The van der Waals surface area contributed by atoms with Gasteiger partial charge in [-0.3, -0.25) is 4.79 Å². The van der Waals surface area contributed by atoms with Gasteiger partial charge in [-0.25, -0.2) is 0 Å². The first kappa shape index (κ1) is 17.7. The van der Waals surface area contributed by atoms with Gasteiger partial charge >= 0.3 is 5.97 Å². The predicted octanol–water partition coefficient (Wildman–Crippen LogP) is 4.99. The molecule has 0 aromatic heterocycles. The van der Waals surface area contributed by atoms with Gasteiger partial charge in [0.25, 0.3) is 0 Å². The lowest BCUT2D eigenvalue weighted by Crippen LogP contribution is -1.97. The maximum absolute atomic E-state index is 10.2. The second kappa shape index (κ2) is 11.8. The van der Waals surface area contributed by atoms with Crippen molar-refractivity contribution >= 4 is 5.97 Å². The van der Waals surface area contributed by atoms with Crippen LogP contribution in [0.1, 0.15) is 63.5 Å². The number of hydrogen-bond donors (Lipinski definition) is 1. The van der Waals surface area contributed by atoms with E-state index in [1.165, 1.54) is 37.7 Å². The van der Waals surface area contributed by atoms with Gasteiger partial charge in [0, 0.05) is 6.42 Å². The van der Waals surface area contributed by atoms with Gasteiger partial charge in [-0.2, -0.15) is 0 Å². The molecule has 1 aromatic rings. The van der Waals surface area contributed by atoms with Crippen LogP contribution in [0.4, 0.5) is 0 Å². The molecule has 19 heavy (non-hydrogen) atoms. The summed E-state index contributed by atoms with van der Waals surface area (Å²) in [6.45, 7) is 6.51. The Kier molecular flexibility index (Phi) is 11.0. The van der Waals surface area contributed by atoms with Gasteiger partial charge in [-0.05, 0) is 18.9 Å². The van der Waals surface area contributed by atoms with Crippen LogP contribution in [0.25, 0.3) is 0 Å². The lowest BCUT2D eigenvalue weighted by molar-refractivity contribution is -0.136. The highest BCUT2D eigenvalue weighted by Crippen LogP contribution is 2.05. The molecule has 0 saturated carbocycles. The Bertz CT molecular complexity index is 324. The van der Waals surface area contributed by atoms with E-state index in [-0.39, 0.29) is 6.42 Å². The number of carboxylic acids is 1. The molecule has 1 N–H and O–H groups in total. The summed E-state index contributed by atoms with van der Waals surface area (Å²) in [5.41, 5.74) is 2.29. The van der Waals surface area contributed by atoms with E-state index in [9.17, 15) is 4.79 Å². The molecule has 2 heteroatoms. The third-order valence-electron chi connectivity index (χ3n) is 2.96. The SMILES string of the molecule is CCCCCCC.Cc1ccc(CCC(=O)O)cc1. The van der Waals surface area contributed by atoms with Crippen molar-refractivity contribution in [3.05, 3.63) is 35.4 Å². The molecule has 0 spiro atoms. The molecule has 108 valence electrons. The monoisotopic (exact) mass is 264 g/mol. The van der Waals surface area contributed by atoms with Crippen LogP contribution in [0.5, 0.6) is 0 Å². The zero-order valence-electron chi connectivity index (χ0n) is 12.6. The van der Waals surface area contributed by atoms with E-state index in [1.807, 2.05) is 31.2 Å². The number of benzene rings is 1. The third kappa shape index (κ3) is 11.5. The van der Waals surface area contributed by atoms with Crippen LogP contribution >= 0.6 is 0 Å². The number of carboxylic acid groups (broad SMARTS) is 1. The van der Waals surface area contributed by atoms with Gasteiger partial charge in [-0.15, -0.1) is 0 Å². The van der Waals surface area contributed by atoms with Crippen LogP contribution in [0.15, 0.2) is 24.3 Å². The Hall–Kier alpha value is -1.31. The fourth-order valence-electron chi connectivity index (χ4n) is 1.68. The molecule has 0 aliphatic carbocycles. The first-order chi connectivity index (χ1) is 9.10. The maximum Gasteiger partial charge on any atom is 0.303 e. The van der Waals surface area contributed by atoms with Crippen LogP contribution in [0, 0.1) is 6.92 Å². The van der Waals surface area contributed by atoms with Gasteiger partial charge in [0.05, 0.1) is 0 Å². The largest absolute Gasteiger partial charge is 0.481 e. The molecule has 0 atom stereocenters. The van der Waals surface area contributed by atoms with Gasteiger partial charge in [0.1, 0.15) is 0 Å². The topological polar surface area (TPSA) is 37.3 Å². The lowest BCUT2D eigenvalue weighted by Gasteiger charge is -1.98. The zero-order valence-corrected chi connectivity index (χ0v) is 12.6. The predicted molar refractivity (Wildman–Crippen MR) is 81.6 cm³/mol. The minimum atomic E-state index is -0.740. The second-order valence-electron chi connectivity index (χ2n) is 4.94. The quantitative estimate of drug-likeness (QED) is 0.704. The number of rotatable bonds is 7. The van der Waals surface area contributed by atoms with E-state index in [1.54, 1.807) is 0 Å². The van der Waals surface area contributed by atoms with Gasteiger partial charge in [0.15, 0.2) is 0 Å². The fraction of sp³-hybridized carbons (Fsp3) is 0.588. The Balaban J connectivity index is 0.000000399. The summed E-state index contributed by atoms with van der Waals surface area (Å²) >= 11 is 0. The molecule has 0 bridgehead atoms. The van der Waals surface area contributed by atoms with Crippen molar-refractivity contribution in [1.82, 2.24) is 0 Å². The molecule has 0 fully saturated rings. The van der Waals surface area contributed by atoms with Crippen LogP contribution in [0.3, 0.4) is 0 Å². The smallest absolute Gasteiger partial charge is 0.303 e. The van der Waals surface area contributed by atoms with Crippen molar-refractivity contribution in [2.24, 2.45) is 0 Å². The first-order valence-corrected chi connectivity index (χ1v) is 7.37. The summed E-state index contributed by atoms with van der Waals surface area (Å²) in [5, 5.41) is 8.43. The minimum absolute atomic E-state index is 0.211. The summed E-state index contributed by atoms with van der Waals surface area (Å²) in [4.78, 5) is 10.2. The van der Waals surface area contributed by atoms with E-state index in [2.05, 4.69) is 13.8 Å². The molecule has 1 rings (SSSR count). The Morgan fingerprint density at radius 3 is 1.95 bits per heavy atom. The molecule has 0 radical (unpaired) electrons. The fourth-order valence-corrected chi connectivity index (χ4v) is 1.68. The van der Waals surface area contributed by atoms with E-state index < -0.39 is 5.97 Å². The van der Waals surface area contributed by atoms with Crippen molar-refractivity contribution in [2.75, 3.05) is 0 Å². The highest BCUT2D eigenvalue weighted by atomic mass is 16.4. The summed E-state index contributed by atoms with van der Waals surface area (Å²) < 4.78 is 0. The van der Waals surface area contributed by atoms with Gasteiger partial charge in [-0.1, -0.05) is 75.8 Å². The van der Waals surface area contributed by atoms with Crippen molar-refractivity contribution in [3.63, 3.8) is 0 Å². The van der Waals surface area contributed by atoms with Crippen LogP contribution < -0.4 is 0 Å². The van der Waals surface area contributed by atoms with E-state index >= 15 is 0 Å². The van der Waals surface area contributed by atoms with Crippen molar-refractivity contribution in [2.45, 2.75) is 65.7 Å². The lowest BCUT2D eigenvalue weighted by atomic mass is 10.1. The van der Waals surface area contributed by atoms with Crippen LogP contribution in [0.2, 0.25) is 0 Å². The molecule has 0 saturated heterocycles. The summed E-state index contributed by atoms with van der Waals surface area (Å²) in [6, 6.07) is 7.94. The number of aliphatic carboxylic acids is 1. The number of hydrogen-bond acceptors (Lipinski definition) is 1. The zero-order chi connectivity index (χ0) is 14.5. The molecule has 0 aliphatic rings. The first-order valence-electron chi connectivity index (χ1n) is 7.37. The van der Waals surface area contributed by atoms with E-state index in [0.717, 1.165) is 5.56 Å². The van der Waals surface area contributed by atoms with Gasteiger partial charge < -0.3 is 5.11 Å². The molecule has 0 aliphatic heterocycles. The average molecular weight is 264 g/mol. The number of carbonyl (C=O) groups is 1.